The number of aliphatic hydroxyl groups is 1. The lowest BCUT2D eigenvalue weighted by Crippen LogP contribution is -2.29. The summed E-state index contributed by atoms with van der Waals surface area (Å²) in [5, 5.41) is 11.7. The SMILES string of the molecule is COc1cccc(C2(O)OC(=O)C(c3ccc4c(c3)OCO4)=C2Cc2ccccc2)c1. The molecule has 2 heterocycles. The van der Waals surface area contributed by atoms with Crippen molar-refractivity contribution in [2.45, 2.75) is 12.2 Å². The number of esters is 1. The van der Waals surface area contributed by atoms with E-state index < -0.39 is 11.8 Å². The van der Waals surface area contributed by atoms with E-state index in [2.05, 4.69) is 0 Å². The molecule has 0 bridgehead atoms. The molecule has 0 radical (unpaired) electrons. The number of carbonyl (C=O) groups excluding carboxylic acids is 1. The standard InChI is InChI=1S/C25H20O6/c1-28-19-9-5-8-18(14-19)25(27)20(12-16-6-3-2-4-7-16)23(24(26)31-25)17-10-11-21-22(13-17)30-15-29-21/h2-11,13-14,27H,12,15H2,1H3. The van der Waals surface area contributed by atoms with Crippen LogP contribution in [0.3, 0.4) is 0 Å². The summed E-state index contributed by atoms with van der Waals surface area (Å²) >= 11 is 0. The molecular weight excluding hydrogens is 396 g/mol. The Morgan fingerprint density at radius 2 is 1.77 bits per heavy atom. The van der Waals surface area contributed by atoms with Crippen molar-refractivity contribution in [3.8, 4) is 17.2 Å². The van der Waals surface area contributed by atoms with Gasteiger partial charge in [-0.25, -0.2) is 4.79 Å². The lowest BCUT2D eigenvalue weighted by atomic mass is 9.88. The molecule has 3 aromatic carbocycles. The van der Waals surface area contributed by atoms with Gasteiger partial charge in [0.2, 0.25) is 6.79 Å². The van der Waals surface area contributed by atoms with Crippen molar-refractivity contribution >= 4 is 11.5 Å². The number of methoxy groups -OCH3 is 1. The number of ether oxygens (including phenoxy) is 4. The summed E-state index contributed by atoms with van der Waals surface area (Å²) in [5.41, 5.74) is 2.72. The third kappa shape index (κ3) is 3.31. The molecule has 0 fully saturated rings. The minimum absolute atomic E-state index is 0.132. The molecule has 1 N–H and O–H groups in total. The molecule has 3 aromatic rings. The molecule has 0 aliphatic carbocycles. The van der Waals surface area contributed by atoms with Crippen LogP contribution in [0.25, 0.3) is 5.57 Å². The van der Waals surface area contributed by atoms with Gasteiger partial charge >= 0.3 is 5.97 Å². The summed E-state index contributed by atoms with van der Waals surface area (Å²) in [4.78, 5) is 13.1. The minimum Gasteiger partial charge on any atom is -0.497 e. The first-order valence-corrected chi connectivity index (χ1v) is 9.86. The number of carbonyl (C=O) groups is 1. The Hall–Kier alpha value is -3.77. The summed E-state index contributed by atoms with van der Waals surface area (Å²) in [5.74, 6) is -0.808. The van der Waals surface area contributed by atoms with Crippen molar-refractivity contribution < 1.29 is 28.8 Å². The van der Waals surface area contributed by atoms with Crippen LogP contribution in [-0.2, 0) is 21.7 Å². The number of cyclic esters (lactones) is 1. The van der Waals surface area contributed by atoms with E-state index in [1.807, 2.05) is 30.3 Å². The number of hydrogen-bond donors (Lipinski definition) is 1. The maximum Gasteiger partial charge on any atom is 0.342 e. The molecule has 156 valence electrons. The van der Waals surface area contributed by atoms with Crippen LogP contribution < -0.4 is 14.2 Å². The first-order chi connectivity index (χ1) is 15.1. The fourth-order valence-corrected chi connectivity index (χ4v) is 3.96. The predicted molar refractivity (Wildman–Crippen MR) is 113 cm³/mol. The molecular formula is C25H20O6. The zero-order valence-corrected chi connectivity index (χ0v) is 16.8. The monoisotopic (exact) mass is 416 g/mol. The van der Waals surface area contributed by atoms with E-state index in [4.69, 9.17) is 18.9 Å². The number of rotatable bonds is 5. The summed E-state index contributed by atoms with van der Waals surface area (Å²) in [6, 6.07) is 21.8. The molecule has 2 aliphatic heterocycles. The molecule has 1 atom stereocenters. The molecule has 6 nitrogen and oxygen atoms in total. The lowest BCUT2D eigenvalue weighted by Gasteiger charge is -2.26. The number of hydrogen-bond acceptors (Lipinski definition) is 6. The smallest absolute Gasteiger partial charge is 0.342 e. The van der Waals surface area contributed by atoms with Crippen molar-refractivity contribution in [2.75, 3.05) is 13.9 Å². The highest BCUT2D eigenvalue weighted by atomic mass is 16.7. The van der Waals surface area contributed by atoms with Crippen LogP contribution in [0.4, 0.5) is 0 Å². The Morgan fingerprint density at radius 1 is 0.968 bits per heavy atom. The van der Waals surface area contributed by atoms with Gasteiger partial charge in [0, 0.05) is 17.6 Å². The van der Waals surface area contributed by atoms with E-state index in [0.717, 1.165) is 5.56 Å². The summed E-state index contributed by atoms with van der Waals surface area (Å²) in [6.45, 7) is 0.132. The van der Waals surface area contributed by atoms with Gasteiger partial charge in [0.25, 0.3) is 5.79 Å². The van der Waals surface area contributed by atoms with Gasteiger partial charge in [-0.1, -0.05) is 48.5 Å². The number of fused-ring (bicyclic) bond motifs is 1. The van der Waals surface area contributed by atoms with E-state index in [0.29, 0.717) is 45.9 Å². The highest BCUT2D eigenvalue weighted by Gasteiger charge is 2.48. The van der Waals surface area contributed by atoms with Crippen LogP contribution in [0.5, 0.6) is 17.2 Å². The second-order valence-corrected chi connectivity index (χ2v) is 7.35. The molecule has 0 saturated carbocycles. The zero-order chi connectivity index (χ0) is 21.4. The molecule has 2 aliphatic rings. The maximum atomic E-state index is 13.1. The third-order valence-corrected chi connectivity index (χ3v) is 5.50. The van der Waals surface area contributed by atoms with Gasteiger partial charge in [0.1, 0.15) is 5.75 Å². The third-order valence-electron chi connectivity index (χ3n) is 5.50. The topological polar surface area (TPSA) is 74.2 Å². The van der Waals surface area contributed by atoms with Crippen LogP contribution in [-0.4, -0.2) is 25.0 Å². The largest absolute Gasteiger partial charge is 0.497 e. The highest BCUT2D eigenvalue weighted by molar-refractivity contribution is 6.20. The molecule has 0 spiro atoms. The van der Waals surface area contributed by atoms with Gasteiger partial charge in [-0.05, 0) is 35.4 Å². The van der Waals surface area contributed by atoms with Crippen LogP contribution in [0, 0.1) is 0 Å². The van der Waals surface area contributed by atoms with Gasteiger partial charge in [0.05, 0.1) is 12.7 Å². The summed E-state index contributed by atoms with van der Waals surface area (Å²) < 4.78 is 21.8. The van der Waals surface area contributed by atoms with E-state index in [1.165, 1.54) is 0 Å². The number of benzene rings is 3. The van der Waals surface area contributed by atoms with Crippen LogP contribution in [0.2, 0.25) is 0 Å². The van der Waals surface area contributed by atoms with Crippen LogP contribution >= 0.6 is 0 Å². The van der Waals surface area contributed by atoms with Crippen molar-refractivity contribution in [3.05, 3.63) is 95.1 Å². The first kappa shape index (κ1) is 19.2. The molecule has 6 heteroatoms. The quantitative estimate of drug-likeness (QED) is 0.638. The van der Waals surface area contributed by atoms with E-state index in [-0.39, 0.29) is 6.79 Å². The summed E-state index contributed by atoms with van der Waals surface area (Å²) in [6.07, 6.45) is 0.323. The Bertz CT molecular complexity index is 1180. The van der Waals surface area contributed by atoms with Crippen molar-refractivity contribution in [3.63, 3.8) is 0 Å². The fraction of sp³-hybridized carbons (Fsp3) is 0.160. The minimum atomic E-state index is -1.92. The molecule has 0 saturated heterocycles. The van der Waals surface area contributed by atoms with Gasteiger partial charge in [0.15, 0.2) is 11.5 Å². The van der Waals surface area contributed by atoms with E-state index >= 15 is 0 Å². The molecule has 5 rings (SSSR count). The predicted octanol–water partition coefficient (Wildman–Crippen LogP) is 3.82. The van der Waals surface area contributed by atoms with Crippen molar-refractivity contribution in [1.29, 1.82) is 0 Å². The lowest BCUT2D eigenvalue weighted by molar-refractivity contribution is -0.185. The van der Waals surface area contributed by atoms with Crippen molar-refractivity contribution in [2.24, 2.45) is 0 Å². The highest BCUT2D eigenvalue weighted by Crippen LogP contribution is 2.46. The molecule has 31 heavy (non-hydrogen) atoms. The van der Waals surface area contributed by atoms with Crippen LogP contribution in [0.15, 0.2) is 78.4 Å². The van der Waals surface area contributed by atoms with Crippen LogP contribution in [0.1, 0.15) is 16.7 Å². The van der Waals surface area contributed by atoms with E-state index in [9.17, 15) is 9.90 Å². The molecule has 1 unspecified atom stereocenters. The second-order valence-electron chi connectivity index (χ2n) is 7.35. The fourth-order valence-electron chi connectivity index (χ4n) is 3.96. The van der Waals surface area contributed by atoms with Gasteiger partial charge in [-0.2, -0.15) is 0 Å². The second kappa shape index (κ2) is 7.49. The Labute approximate surface area is 179 Å². The summed E-state index contributed by atoms with van der Waals surface area (Å²) in [7, 11) is 1.54. The maximum absolute atomic E-state index is 13.1. The Kier molecular flexibility index (Phi) is 4.64. The van der Waals surface area contributed by atoms with Gasteiger partial charge in [-0.15, -0.1) is 0 Å². The van der Waals surface area contributed by atoms with Crippen molar-refractivity contribution in [1.82, 2.24) is 0 Å². The van der Waals surface area contributed by atoms with Gasteiger partial charge in [-0.3, -0.25) is 0 Å². The van der Waals surface area contributed by atoms with E-state index in [1.54, 1.807) is 49.6 Å². The molecule has 0 aromatic heterocycles. The first-order valence-electron chi connectivity index (χ1n) is 9.86. The van der Waals surface area contributed by atoms with Gasteiger partial charge < -0.3 is 24.1 Å². The normalized spacial score (nSPS) is 19.5. The molecule has 0 amide bonds. The Morgan fingerprint density at radius 3 is 2.58 bits per heavy atom. The Balaban J connectivity index is 1.69. The zero-order valence-electron chi connectivity index (χ0n) is 16.8. The average molecular weight is 416 g/mol. The average Bonchev–Trinajstić information content (AvgIpc) is 3.36.